The molecule has 1 aromatic carbocycles. The quantitative estimate of drug-likeness (QED) is 0.883. The predicted octanol–water partition coefficient (Wildman–Crippen LogP) is 1.42. The number of carbonyl (C=O) groups is 1. The van der Waals surface area contributed by atoms with Crippen LogP contribution in [0, 0.1) is 6.92 Å². The second-order valence-electron chi connectivity index (χ2n) is 5.00. The van der Waals surface area contributed by atoms with Crippen LogP contribution < -0.4 is 4.72 Å². The first-order valence-electron chi connectivity index (χ1n) is 6.45. The van der Waals surface area contributed by atoms with Gasteiger partial charge in [-0.2, -0.15) is 0 Å². The van der Waals surface area contributed by atoms with Gasteiger partial charge in [0.25, 0.3) is 0 Å². The maximum Gasteiger partial charge on any atom is 0.407 e. The van der Waals surface area contributed by atoms with Crippen LogP contribution in [0.5, 0.6) is 0 Å². The van der Waals surface area contributed by atoms with Crippen LogP contribution >= 0.6 is 0 Å². The number of amides is 1. The second-order valence-corrected chi connectivity index (χ2v) is 6.72. The van der Waals surface area contributed by atoms with Crippen molar-refractivity contribution in [1.29, 1.82) is 0 Å². The third-order valence-electron chi connectivity index (χ3n) is 3.35. The van der Waals surface area contributed by atoms with E-state index in [1.54, 1.807) is 24.3 Å². The lowest BCUT2D eigenvalue weighted by atomic mass is 10.1. The van der Waals surface area contributed by atoms with E-state index in [2.05, 4.69) is 4.72 Å². The molecule has 1 unspecified atom stereocenters. The Labute approximate surface area is 118 Å². The second kappa shape index (κ2) is 5.80. The van der Waals surface area contributed by atoms with Gasteiger partial charge in [0, 0.05) is 19.1 Å². The molecule has 20 heavy (non-hydrogen) atoms. The van der Waals surface area contributed by atoms with E-state index in [4.69, 9.17) is 5.11 Å². The highest BCUT2D eigenvalue weighted by Gasteiger charge is 2.27. The molecule has 0 saturated carbocycles. The minimum atomic E-state index is -3.60. The molecule has 0 aliphatic carbocycles. The summed E-state index contributed by atoms with van der Waals surface area (Å²) < 4.78 is 27.0. The Morgan fingerprint density at radius 1 is 1.35 bits per heavy atom. The van der Waals surface area contributed by atoms with Gasteiger partial charge in [-0.15, -0.1) is 0 Å². The fraction of sp³-hybridized carbons (Fsp3) is 0.462. The first kappa shape index (κ1) is 14.8. The third-order valence-corrected chi connectivity index (χ3v) is 4.88. The van der Waals surface area contributed by atoms with E-state index in [1.807, 2.05) is 6.92 Å². The molecule has 1 aromatic rings. The Kier molecular flexibility index (Phi) is 4.29. The molecule has 2 rings (SSSR count). The molecule has 2 N–H and O–H groups in total. The van der Waals surface area contributed by atoms with Crippen LogP contribution in [0.1, 0.15) is 18.4 Å². The van der Waals surface area contributed by atoms with Gasteiger partial charge in [0.1, 0.15) is 0 Å². The lowest BCUT2D eigenvalue weighted by molar-refractivity contribution is 0.129. The van der Waals surface area contributed by atoms with Crippen LogP contribution in [0.2, 0.25) is 0 Å². The highest BCUT2D eigenvalue weighted by Crippen LogP contribution is 2.15. The molecule has 1 amide bonds. The van der Waals surface area contributed by atoms with Crippen LogP contribution in [0.3, 0.4) is 0 Å². The molecule has 6 nitrogen and oxygen atoms in total. The highest BCUT2D eigenvalue weighted by molar-refractivity contribution is 7.89. The van der Waals surface area contributed by atoms with E-state index >= 15 is 0 Å². The van der Waals surface area contributed by atoms with Crippen LogP contribution in [-0.2, 0) is 10.0 Å². The molecule has 0 radical (unpaired) electrons. The monoisotopic (exact) mass is 298 g/mol. The smallest absolute Gasteiger partial charge is 0.407 e. The minimum Gasteiger partial charge on any atom is -0.465 e. The molecule has 1 aliphatic heterocycles. The summed E-state index contributed by atoms with van der Waals surface area (Å²) in [7, 11) is -3.60. The Morgan fingerprint density at radius 3 is 2.60 bits per heavy atom. The minimum absolute atomic E-state index is 0.195. The van der Waals surface area contributed by atoms with Gasteiger partial charge < -0.3 is 10.0 Å². The highest BCUT2D eigenvalue weighted by atomic mass is 32.2. The van der Waals surface area contributed by atoms with Gasteiger partial charge in [0.15, 0.2) is 0 Å². The Morgan fingerprint density at radius 2 is 2.00 bits per heavy atom. The lowest BCUT2D eigenvalue weighted by Gasteiger charge is -2.30. The van der Waals surface area contributed by atoms with E-state index in [9.17, 15) is 13.2 Å². The van der Waals surface area contributed by atoms with E-state index in [1.165, 1.54) is 4.90 Å². The first-order chi connectivity index (χ1) is 9.38. The number of nitrogens with one attached hydrogen (secondary N) is 1. The topological polar surface area (TPSA) is 86.7 Å². The van der Waals surface area contributed by atoms with Crippen LogP contribution in [0.4, 0.5) is 4.79 Å². The molecule has 110 valence electrons. The van der Waals surface area contributed by atoms with E-state index in [0.29, 0.717) is 19.4 Å². The van der Waals surface area contributed by atoms with Crippen molar-refractivity contribution in [2.45, 2.75) is 30.7 Å². The van der Waals surface area contributed by atoms with Gasteiger partial charge in [0.05, 0.1) is 4.90 Å². The van der Waals surface area contributed by atoms with Crippen molar-refractivity contribution >= 4 is 16.1 Å². The van der Waals surface area contributed by atoms with Crippen molar-refractivity contribution < 1.29 is 18.3 Å². The third kappa shape index (κ3) is 3.49. The fourth-order valence-corrected chi connectivity index (χ4v) is 3.51. The number of hydrogen-bond acceptors (Lipinski definition) is 3. The zero-order chi connectivity index (χ0) is 14.8. The van der Waals surface area contributed by atoms with Crippen molar-refractivity contribution in [2.75, 3.05) is 13.1 Å². The van der Waals surface area contributed by atoms with E-state index in [0.717, 1.165) is 5.56 Å². The SMILES string of the molecule is Cc1ccc(S(=O)(=O)NC2CCCN(C(=O)O)C2)cc1. The Balaban J connectivity index is 2.08. The summed E-state index contributed by atoms with van der Waals surface area (Å²) in [5.41, 5.74) is 0.985. The summed E-state index contributed by atoms with van der Waals surface area (Å²) in [5, 5.41) is 8.95. The number of carboxylic acid groups (broad SMARTS) is 1. The maximum atomic E-state index is 12.2. The first-order valence-corrected chi connectivity index (χ1v) is 7.94. The average Bonchev–Trinajstić information content (AvgIpc) is 2.39. The summed E-state index contributed by atoms with van der Waals surface area (Å²) in [6, 6.07) is 6.20. The number of aryl methyl sites for hydroxylation is 1. The van der Waals surface area contributed by atoms with Gasteiger partial charge in [0.2, 0.25) is 10.0 Å². The number of sulfonamides is 1. The number of nitrogens with zero attached hydrogens (tertiary/aromatic N) is 1. The molecule has 0 bridgehead atoms. The normalized spacial score (nSPS) is 19.9. The Bertz CT molecular complexity index is 583. The van der Waals surface area contributed by atoms with Gasteiger partial charge in [-0.05, 0) is 31.9 Å². The van der Waals surface area contributed by atoms with Crippen LogP contribution in [-0.4, -0.2) is 43.6 Å². The molecule has 1 saturated heterocycles. The zero-order valence-electron chi connectivity index (χ0n) is 11.2. The van der Waals surface area contributed by atoms with Crippen molar-refractivity contribution in [3.8, 4) is 0 Å². The van der Waals surface area contributed by atoms with Crippen LogP contribution in [0.25, 0.3) is 0 Å². The van der Waals surface area contributed by atoms with Crippen molar-refractivity contribution in [1.82, 2.24) is 9.62 Å². The average molecular weight is 298 g/mol. The lowest BCUT2D eigenvalue weighted by Crippen LogP contribution is -2.49. The molecular formula is C13H18N2O4S. The standard InChI is InChI=1S/C13H18N2O4S/c1-10-4-6-12(7-5-10)20(18,19)14-11-3-2-8-15(9-11)13(16)17/h4-7,11,14H,2-3,8-9H2,1H3,(H,16,17). The molecule has 1 fully saturated rings. The molecule has 1 heterocycles. The number of benzene rings is 1. The molecule has 0 spiro atoms. The predicted molar refractivity (Wildman–Crippen MR) is 74.1 cm³/mol. The summed E-state index contributed by atoms with van der Waals surface area (Å²) >= 11 is 0. The summed E-state index contributed by atoms with van der Waals surface area (Å²) in [5.74, 6) is 0. The number of rotatable bonds is 3. The fourth-order valence-electron chi connectivity index (χ4n) is 2.25. The zero-order valence-corrected chi connectivity index (χ0v) is 12.1. The van der Waals surface area contributed by atoms with E-state index < -0.39 is 16.1 Å². The van der Waals surface area contributed by atoms with Gasteiger partial charge in [-0.3, -0.25) is 0 Å². The Hall–Kier alpha value is -1.60. The van der Waals surface area contributed by atoms with Crippen molar-refractivity contribution in [3.63, 3.8) is 0 Å². The molecule has 1 aliphatic rings. The molecule has 0 aromatic heterocycles. The molecule has 7 heteroatoms. The van der Waals surface area contributed by atoms with Crippen LogP contribution in [0.15, 0.2) is 29.2 Å². The summed E-state index contributed by atoms with van der Waals surface area (Å²) in [6.45, 7) is 2.54. The van der Waals surface area contributed by atoms with Gasteiger partial charge in [-0.1, -0.05) is 17.7 Å². The summed E-state index contributed by atoms with van der Waals surface area (Å²) in [4.78, 5) is 12.4. The van der Waals surface area contributed by atoms with Gasteiger partial charge in [-0.25, -0.2) is 17.9 Å². The number of likely N-dealkylation sites (tertiary alicyclic amines) is 1. The number of piperidine rings is 1. The summed E-state index contributed by atoms with van der Waals surface area (Å²) in [6.07, 6.45) is 0.298. The maximum absolute atomic E-state index is 12.2. The van der Waals surface area contributed by atoms with Gasteiger partial charge >= 0.3 is 6.09 Å². The molecule has 1 atom stereocenters. The van der Waals surface area contributed by atoms with Crippen molar-refractivity contribution in [3.05, 3.63) is 29.8 Å². The van der Waals surface area contributed by atoms with E-state index in [-0.39, 0.29) is 17.5 Å². The largest absolute Gasteiger partial charge is 0.465 e. The van der Waals surface area contributed by atoms with Crippen molar-refractivity contribution in [2.24, 2.45) is 0 Å². The number of hydrogen-bond donors (Lipinski definition) is 2. The molecular weight excluding hydrogens is 280 g/mol.